The van der Waals surface area contributed by atoms with E-state index in [0.29, 0.717) is 23.8 Å². The molecule has 1 aliphatic heterocycles. The lowest BCUT2D eigenvalue weighted by atomic mass is 10.0. The largest absolute Gasteiger partial charge is 0.368 e. The standard InChI is InChI=1S/C16H24N6O2/c1-10-13(8-18-16(17)19-10)15(24)21-12-4-6-22(7-5-12)9-14(23)20-11-2-3-11/h8,11-12H,2-7,9H2,1H3,(H,20,23)(H,21,24)(H2,17,18,19). The predicted octanol–water partition coefficient (Wildman–Crippen LogP) is -0.160. The minimum absolute atomic E-state index is 0.106. The van der Waals surface area contributed by atoms with Crippen LogP contribution in [0.25, 0.3) is 0 Å². The average molecular weight is 332 g/mol. The van der Waals surface area contributed by atoms with E-state index in [1.807, 2.05) is 0 Å². The van der Waals surface area contributed by atoms with Crippen molar-refractivity contribution in [2.75, 3.05) is 25.4 Å². The molecule has 8 nitrogen and oxygen atoms in total. The van der Waals surface area contributed by atoms with E-state index in [0.717, 1.165) is 38.8 Å². The topological polar surface area (TPSA) is 113 Å². The van der Waals surface area contributed by atoms with Crippen molar-refractivity contribution in [1.82, 2.24) is 25.5 Å². The Morgan fingerprint density at radius 3 is 2.50 bits per heavy atom. The number of nitrogen functional groups attached to an aromatic ring is 1. The highest BCUT2D eigenvalue weighted by atomic mass is 16.2. The van der Waals surface area contributed by atoms with Crippen LogP contribution in [0.1, 0.15) is 41.7 Å². The van der Waals surface area contributed by atoms with E-state index in [1.54, 1.807) is 6.92 Å². The van der Waals surface area contributed by atoms with Crippen molar-refractivity contribution in [2.45, 2.75) is 44.7 Å². The number of carbonyl (C=O) groups excluding carboxylic acids is 2. The first-order chi connectivity index (χ1) is 11.5. The van der Waals surface area contributed by atoms with Gasteiger partial charge in [-0.25, -0.2) is 9.97 Å². The minimum atomic E-state index is -0.169. The zero-order valence-corrected chi connectivity index (χ0v) is 13.9. The fourth-order valence-corrected chi connectivity index (χ4v) is 2.91. The molecule has 2 fully saturated rings. The van der Waals surface area contributed by atoms with E-state index in [9.17, 15) is 9.59 Å². The number of nitrogens with two attached hydrogens (primary N) is 1. The maximum Gasteiger partial charge on any atom is 0.254 e. The molecule has 2 aliphatic rings. The molecule has 2 heterocycles. The summed E-state index contributed by atoms with van der Waals surface area (Å²) >= 11 is 0. The fourth-order valence-electron chi connectivity index (χ4n) is 2.91. The molecule has 1 saturated heterocycles. The average Bonchev–Trinajstić information content (AvgIpc) is 3.33. The number of aromatic nitrogens is 2. The third-order valence-corrected chi connectivity index (χ3v) is 4.48. The van der Waals surface area contributed by atoms with Gasteiger partial charge in [-0.05, 0) is 32.6 Å². The third-order valence-electron chi connectivity index (χ3n) is 4.48. The van der Waals surface area contributed by atoms with Gasteiger partial charge in [-0.3, -0.25) is 14.5 Å². The highest BCUT2D eigenvalue weighted by Crippen LogP contribution is 2.18. The molecule has 0 bridgehead atoms. The predicted molar refractivity (Wildman–Crippen MR) is 89.3 cm³/mol. The Bertz CT molecular complexity index is 623. The number of aryl methyl sites for hydroxylation is 1. The van der Waals surface area contributed by atoms with Crippen molar-refractivity contribution in [1.29, 1.82) is 0 Å². The van der Waals surface area contributed by atoms with Crippen LogP contribution in [0.5, 0.6) is 0 Å². The quantitative estimate of drug-likeness (QED) is 0.690. The highest BCUT2D eigenvalue weighted by molar-refractivity contribution is 5.95. The lowest BCUT2D eigenvalue weighted by Gasteiger charge is -2.31. The van der Waals surface area contributed by atoms with Crippen LogP contribution in [0, 0.1) is 6.92 Å². The summed E-state index contributed by atoms with van der Waals surface area (Å²) < 4.78 is 0. The Morgan fingerprint density at radius 2 is 1.88 bits per heavy atom. The van der Waals surface area contributed by atoms with Gasteiger partial charge in [0, 0.05) is 31.4 Å². The van der Waals surface area contributed by atoms with E-state index < -0.39 is 0 Å². The van der Waals surface area contributed by atoms with Crippen molar-refractivity contribution < 1.29 is 9.59 Å². The number of rotatable bonds is 5. The van der Waals surface area contributed by atoms with Gasteiger partial charge in [-0.2, -0.15) is 0 Å². The Balaban J connectivity index is 1.44. The summed E-state index contributed by atoms with van der Waals surface area (Å²) in [5, 5.41) is 6.03. The first-order valence-electron chi connectivity index (χ1n) is 8.43. The molecule has 1 aromatic rings. The lowest BCUT2D eigenvalue weighted by Crippen LogP contribution is -2.47. The van der Waals surface area contributed by atoms with Crippen LogP contribution >= 0.6 is 0 Å². The van der Waals surface area contributed by atoms with Crippen LogP contribution < -0.4 is 16.4 Å². The Labute approximate surface area is 141 Å². The van der Waals surface area contributed by atoms with Crippen molar-refractivity contribution in [2.24, 2.45) is 0 Å². The molecule has 1 aromatic heterocycles. The van der Waals surface area contributed by atoms with Gasteiger partial charge < -0.3 is 16.4 Å². The molecule has 24 heavy (non-hydrogen) atoms. The molecule has 3 rings (SSSR count). The van der Waals surface area contributed by atoms with Crippen LogP contribution in [0.2, 0.25) is 0 Å². The summed E-state index contributed by atoms with van der Waals surface area (Å²) in [6.07, 6.45) is 5.33. The summed E-state index contributed by atoms with van der Waals surface area (Å²) in [6.45, 7) is 3.80. The molecule has 0 aromatic carbocycles. The van der Waals surface area contributed by atoms with Gasteiger partial charge >= 0.3 is 0 Å². The van der Waals surface area contributed by atoms with E-state index in [2.05, 4.69) is 25.5 Å². The van der Waals surface area contributed by atoms with Crippen LogP contribution in [-0.2, 0) is 4.79 Å². The van der Waals surface area contributed by atoms with Crippen molar-refractivity contribution in [3.63, 3.8) is 0 Å². The second-order valence-electron chi connectivity index (χ2n) is 6.59. The monoisotopic (exact) mass is 332 g/mol. The summed E-state index contributed by atoms with van der Waals surface area (Å²) in [5.41, 5.74) is 6.54. The second kappa shape index (κ2) is 7.12. The van der Waals surface area contributed by atoms with Crippen molar-refractivity contribution in [3.05, 3.63) is 17.5 Å². The summed E-state index contributed by atoms with van der Waals surface area (Å²) in [7, 11) is 0. The van der Waals surface area contributed by atoms with Gasteiger partial charge in [-0.1, -0.05) is 0 Å². The smallest absolute Gasteiger partial charge is 0.254 e. The minimum Gasteiger partial charge on any atom is -0.368 e. The number of nitrogens with one attached hydrogen (secondary N) is 2. The maximum absolute atomic E-state index is 12.3. The van der Waals surface area contributed by atoms with E-state index in [4.69, 9.17) is 5.73 Å². The SMILES string of the molecule is Cc1nc(N)ncc1C(=O)NC1CCN(CC(=O)NC2CC2)CC1. The van der Waals surface area contributed by atoms with Gasteiger partial charge in [0.15, 0.2) is 0 Å². The third kappa shape index (κ3) is 4.41. The first-order valence-corrected chi connectivity index (χ1v) is 8.43. The maximum atomic E-state index is 12.3. The van der Waals surface area contributed by atoms with Gasteiger partial charge in [0.05, 0.1) is 17.8 Å². The van der Waals surface area contributed by atoms with E-state index in [1.165, 1.54) is 6.20 Å². The Hall–Kier alpha value is -2.22. The molecular formula is C16H24N6O2. The number of amides is 2. The molecule has 130 valence electrons. The van der Waals surface area contributed by atoms with Gasteiger partial charge in [0.25, 0.3) is 5.91 Å². The number of carbonyl (C=O) groups is 2. The van der Waals surface area contributed by atoms with Crippen molar-refractivity contribution >= 4 is 17.8 Å². The molecule has 4 N–H and O–H groups in total. The number of likely N-dealkylation sites (tertiary alicyclic amines) is 1. The number of anilines is 1. The van der Waals surface area contributed by atoms with Gasteiger partial charge in [0.1, 0.15) is 0 Å². The Morgan fingerprint density at radius 1 is 1.21 bits per heavy atom. The molecule has 1 saturated carbocycles. The fraction of sp³-hybridized carbons (Fsp3) is 0.625. The van der Waals surface area contributed by atoms with Crippen molar-refractivity contribution in [3.8, 4) is 0 Å². The zero-order valence-electron chi connectivity index (χ0n) is 13.9. The lowest BCUT2D eigenvalue weighted by molar-refractivity contribution is -0.122. The van der Waals surface area contributed by atoms with Crippen LogP contribution in [0.15, 0.2) is 6.20 Å². The molecule has 1 aliphatic carbocycles. The van der Waals surface area contributed by atoms with Gasteiger partial charge in [0.2, 0.25) is 11.9 Å². The number of nitrogens with zero attached hydrogens (tertiary/aromatic N) is 3. The first kappa shape index (κ1) is 16.6. The van der Waals surface area contributed by atoms with Crippen LogP contribution in [-0.4, -0.2) is 58.4 Å². The van der Waals surface area contributed by atoms with Crippen LogP contribution in [0.4, 0.5) is 5.95 Å². The number of hydrogen-bond donors (Lipinski definition) is 3. The normalized spacial score (nSPS) is 19.0. The van der Waals surface area contributed by atoms with E-state index in [-0.39, 0.29) is 23.8 Å². The summed E-state index contributed by atoms with van der Waals surface area (Å²) in [6, 6.07) is 0.511. The number of hydrogen-bond acceptors (Lipinski definition) is 6. The molecule has 0 atom stereocenters. The molecule has 8 heteroatoms. The molecule has 0 radical (unpaired) electrons. The second-order valence-corrected chi connectivity index (χ2v) is 6.59. The zero-order chi connectivity index (χ0) is 17.1. The van der Waals surface area contributed by atoms with Crippen LogP contribution in [0.3, 0.4) is 0 Å². The molecule has 0 unspecified atom stereocenters. The molecular weight excluding hydrogens is 308 g/mol. The number of piperidine rings is 1. The summed E-state index contributed by atoms with van der Waals surface area (Å²) in [4.78, 5) is 34.2. The summed E-state index contributed by atoms with van der Waals surface area (Å²) in [5.74, 6) is 0.105. The highest BCUT2D eigenvalue weighted by Gasteiger charge is 2.26. The Kier molecular flexibility index (Phi) is 4.94. The molecule has 2 amide bonds. The van der Waals surface area contributed by atoms with E-state index >= 15 is 0 Å². The molecule has 0 spiro atoms. The van der Waals surface area contributed by atoms with Gasteiger partial charge in [-0.15, -0.1) is 0 Å².